The van der Waals surface area contributed by atoms with E-state index in [-0.39, 0.29) is 29.9 Å². The Bertz CT molecular complexity index is 1060. The summed E-state index contributed by atoms with van der Waals surface area (Å²) < 4.78 is 18.0. The fraction of sp³-hybridized carbons (Fsp3) is 0.560. The molecule has 3 heterocycles. The van der Waals surface area contributed by atoms with Crippen molar-refractivity contribution in [2.75, 3.05) is 18.5 Å². The molecule has 9 heteroatoms. The first-order valence-corrected chi connectivity index (χ1v) is 12.3. The zero-order valence-corrected chi connectivity index (χ0v) is 20.6. The largest absolute Gasteiger partial charge is 0.474 e. The fourth-order valence-electron chi connectivity index (χ4n) is 4.99. The number of aryl methyl sites for hydroxylation is 1. The second kappa shape index (κ2) is 9.23. The second-order valence-corrected chi connectivity index (χ2v) is 10.3. The van der Waals surface area contributed by atoms with Crippen molar-refractivity contribution < 1.29 is 19.0 Å². The van der Waals surface area contributed by atoms with Gasteiger partial charge >= 0.3 is 6.09 Å². The van der Waals surface area contributed by atoms with Crippen LogP contribution in [0.1, 0.15) is 50.2 Å². The lowest BCUT2D eigenvalue weighted by Gasteiger charge is -2.49. The van der Waals surface area contributed by atoms with E-state index in [1.54, 1.807) is 0 Å². The number of piperidine rings is 1. The topological polar surface area (TPSA) is 85.8 Å². The molecule has 1 amide bonds. The van der Waals surface area contributed by atoms with Gasteiger partial charge in [0.05, 0.1) is 41.6 Å². The van der Waals surface area contributed by atoms with Gasteiger partial charge in [0.1, 0.15) is 23.9 Å². The van der Waals surface area contributed by atoms with E-state index in [9.17, 15) is 4.79 Å². The van der Waals surface area contributed by atoms with Crippen LogP contribution >= 0.6 is 11.6 Å². The number of hydrogen-bond donors (Lipinski definition) is 1. The van der Waals surface area contributed by atoms with E-state index in [0.717, 1.165) is 36.1 Å². The predicted octanol–water partition coefficient (Wildman–Crippen LogP) is 5.18. The molecule has 1 N–H and O–H groups in total. The molecule has 2 aliphatic heterocycles. The number of morpholine rings is 1. The Morgan fingerprint density at radius 3 is 2.59 bits per heavy atom. The number of fused-ring (bicyclic) bond motifs is 2. The Kier molecular flexibility index (Phi) is 6.29. The molecule has 3 fully saturated rings. The number of halogens is 1. The first-order chi connectivity index (χ1) is 16.3. The third-order valence-electron chi connectivity index (χ3n) is 7.13. The van der Waals surface area contributed by atoms with Gasteiger partial charge in [-0.1, -0.05) is 17.7 Å². The average molecular weight is 487 g/mol. The lowest BCUT2D eigenvalue weighted by Crippen LogP contribution is -2.62. The molecule has 5 rings (SSSR count). The quantitative estimate of drug-likeness (QED) is 0.623. The van der Waals surface area contributed by atoms with Crippen molar-refractivity contribution >= 4 is 29.2 Å². The number of nitrogens with one attached hydrogen (secondary N) is 1. The van der Waals surface area contributed by atoms with Crippen LogP contribution in [-0.2, 0) is 9.47 Å². The third kappa shape index (κ3) is 4.66. The third-order valence-corrected chi connectivity index (χ3v) is 7.44. The van der Waals surface area contributed by atoms with Crippen molar-refractivity contribution in [1.29, 1.82) is 0 Å². The lowest BCUT2D eigenvalue weighted by molar-refractivity contribution is -0.114. The number of aromatic nitrogens is 2. The van der Waals surface area contributed by atoms with Gasteiger partial charge in [0.15, 0.2) is 0 Å². The minimum atomic E-state index is -0.318. The molecule has 2 atom stereocenters. The molecule has 0 radical (unpaired) electrons. The normalized spacial score (nSPS) is 25.3. The number of carbonyl (C=O) groups excluding carboxylic acids is 1. The van der Waals surface area contributed by atoms with E-state index < -0.39 is 0 Å². The molecule has 2 saturated heterocycles. The van der Waals surface area contributed by atoms with E-state index in [4.69, 9.17) is 25.8 Å². The number of hydrogen-bond acceptors (Lipinski definition) is 7. The molecule has 3 aliphatic rings. The van der Waals surface area contributed by atoms with Gasteiger partial charge in [-0.3, -0.25) is 4.90 Å². The minimum Gasteiger partial charge on any atom is -0.474 e. The maximum absolute atomic E-state index is 13.0. The Labute approximate surface area is 204 Å². The highest BCUT2D eigenvalue weighted by Gasteiger charge is 2.46. The summed E-state index contributed by atoms with van der Waals surface area (Å²) in [6.45, 7) is 6.92. The van der Waals surface area contributed by atoms with Crippen LogP contribution in [0.3, 0.4) is 0 Å². The van der Waals surface area contributed by atoms with Crippen molar-refractivity contribution in [2.24, 2.45) is 0 Å². The monoisotopic (exact) mass is 486 g/mol. The zero-order chi connectivity index (χ0) is 23.9. The van der Waals surface area contributed by atoms with Gasteiger partial charge in [-0.05, 0) is 57.7 Å². The SMILES string of the molecule is Cc1ccc(Nc2ncnc(OC3CC4COCC(C3)N4C(=O)OC3(C)CCC3)c2C)c(Cl)c1. The summed E-state index contributed by atoms with van der Waals surface area (Å²) in [6.07, 6.45) is 5.49. The first kappa shape index (κ1) is 23.2. The van der Waals surface area contributed by atoms with Crippen LogP contribution < -0.4 is 10.1 Å². The number of ether oxygens (including phenoxy) is 3. The molecule has 1 aromatic carbocycles. The molecule has 2 unspecified atom stereocenters. The Balaban J connectivity index is 1.27. The highest BCUT2D eigenvalue weighted by molar-refractivity contribution is 6.33. The van der Waals surface area contributed by atoms with Crippen LogP contribution in [0.15, 0.2) is 24.5 Å². The van der Waals surface area contributed by atoms with Crippen molar-refractivity contribution in [3.63, 3.8) is 0 Å². The van der Waals surface area contributed by atoms with E-state index in [0.29, 0.717) is 42.8 Å². The highest BCUT2D eigenvalue weighted by atomic mass is 35.5. The van der Waals surface area contributed by atoms with Crippen LogP contribution in [0.5, 0.6) is 5.88 Å². The van der Waals surface area contributed by atoms with Crippen LogP contribution in [-0.4, -0.2) is 58.0 Å². The number of rotatable bonds is 5. The van der Waals surface area contributed by atoms with Gasteiger partial charge in [0.2, 0.25) is 5.88 Å². The van der Waals surface area contributed by atoms with Crippen molar-refractivity contribution in [2.45, 2.75) is 76.7 Å². The number of nitrogens with zero attached hydrogens (tertiary/aromatic N) is 3. The van der Waals surface area contributed by atoms with Crippen molar-refractivity contribution in [3.8, 4) is 5.88 Å². The van der Waals surface area contributed by atoms with Crippen LogP contribution in [0, 0.1) is 13.8 Å². The Morgan fingerprint density at radius 1 is 1.21 bits per heavy atom. The molecule has 0 spiro atoms. The van der Waals surface area contributed by atoms with Gasteiger partial charge in [-0.15, -0.1) is 0 Å². The Morgan fingerprint density at radius 2 is 1.94 bits per heavy atom. The zero-order valence-electron chi connectivity index (χ0n) is 19.8. The number of carbonyl (C=O) groups is 1. The summed E-state index contributed by atoms with van der Waals surface area (Å²) in [6, 6.07) is 5.69. The van der Waals surface area contributed by atoms with Gasteiger partial charge in [0, 0.05) is 12.8 Å². The summed E-state index contributed by atoms with van der Waals surface area (Å²) in [7, 11) is 0. The number of anilines is 2. The molecular formula is C25H31ClN4O4. The fourth-order valence-corrected chi connectivity index (χ4v) is 5.27. The van der Waals surface area contributed by atoms with E-state index in [1.807, 2.05) is 43.9 Å². The molecule has 1 saturated carbocycles. The van der Waals surface area contributed by atoms with Crippen molar-refractivity contribution in [1.82, 2.24) is 14.9 Å². The highest BCUT2D eigenvalue weighted by Crippen LogP contribution is 2.38. The summed E-state index contributed by atoms with van der Waals surface area (Å²) in [5.41, 5.74) is 2.35. The maximum Gasteiger partial charge on any atom is 0.410 e. The maximum atomic E-state index is 13.0. The molecule has 1 aliphatic carbocycles. The number of amides is 1. The lowest BCUT2D eigenvalue weighted by atomic mass is 9.82. The molecule has 2 bridgehead atoms. The molecule has 2 aromatic rings. The second-order valence-electron chi connectivity index (χ2n) is 9.90. The number of benzene rings is 1. The molecule has 1 aromatic heterocycles. The van der Waals surface area contributed by atoms with Crippen molar-refractivity contribution in [3.05, 3.63) is 40.7 Å². The summed E-state index contributed by atoms with van der Waals surface area (Å²) in [5, 5.41) is 3.92. The molecular weight excluding hydrogens is 456 g/mol. The minimum absolute atomic E-state index is 0.0696. The van der Waals surface area contributed by atoms with Gasteiger partial charge in [-0.2, -0.15) is 0 Å². The van der Waals surface area contributed by atoms with Gasteiger partial charge in [0.25, 0.3) is 0 Å². The molecule has 182 valence electrons. The Hall–Kier alpha value is -2.58. The van der Waals surface area contributed by atoms with Crippen LogP contribution in [0.2, 0.25) is 5.02 Å². The van der Waals surface area contributed by atoms with E-state index in [2.05, 4.69) is 15.3 Å². The summed E-state index contributed by atoms with van der Waals surface area (Å²) in [5.74, 6) is 1.18. The molecule has 34 heavy (non-hydrogen) atoms. The summed E-state index contributed by atoms with van der Waals surface area (Å²) in [4.78, 5) is 23.6. The van der Waals surface area contributed by atoms with Gasteiger partial charge < -0.3 is 19.5 Å². The van der Waals surface area contributed by atoms with E-state index in [1.165, 1.54) is 6.33 Å². The van der Waals surface area contributed by atoms with Gasteiger partial charge in [-0.25, -0.2) is 14.8 Å². The predicted molar refractivity (Wildman–Crippen MR) is 129 cm³/mol. The molecule has 8 nitrogen and oxygen atoms in total. The van der Waals surface area contributed by atoms with Crippen LogP contribution in [0.25, 0.3) is 0 Å². The summed E-state index contributed by atoms with van der Waals surface area (Å²) >= 11 is 6.38. The standard InChI is InChI=1S/C25H31ClN4O4/c1-15-5-6-21(20(26)9-15)29-22-16(2)23(28-14-27-22)33-19-10-17-12-32-13-18(11-19)30(17)24(31)34-25(3)7-4-8-25/h5-6,9,14,17-19H,4,7-8,10-13H2,1-3H3,(H,27,28,29). The smallest absolute Gasteiger partial charge is 0.410 e. The van der Waals surface area contributed by atoms with E-state index >= 15 is 0 Å². The average Bonchev–Trinajstić information content (AvgIpc) is 2.76. The van der Waals surface area contributed by atoms with Crippen LogP contribution in [0.4, 0.5) is 16.3 Å². The first-order valence-electron chi connectivity index (χ1n) is 11.9.